The van der Waals surface area contributed by atoms with Crippen molar-refractivity contribution in [1.82, 2.24) is 19.8 Å². The maximum atomic E-state index is 13.1. The molecule has 0 spiro atoms. The molecule has 2 aliphatic heterocycles. The van der Waals surface area contributed by atoms with E-state index in [2.05, 4.69) is 9.97 Å². The summed E-state index contributed by atoms with van der Waals surface area (Å²) in [6.07, 6.45) is 0.988. The van der Waals surface area contributed by atoms with E-state index in [9.17, 15) is 14.0 Å². The second kappa shape index (κ2) is 9.76. The predicted octanol–water partition coefficient (Wildman–Crippen LogP) is 2.82. The average molecular weight is 483 g/mol. The molecule has 0 bridgehead atoms. The van der Waals surface area contributed by atoms with Gasteiger partial charge in [-0.3, -0.25) is 9.59 Å². The van der Waals surface area contributed by atoms with Crippen molar-refractivity contribution < 1.29 is 23.5 Å². The molecule has 10 heteroatoms. The van der Waals surface area contributed by atoms with Crippen molar-refractivity contribution in [2.45, 2.75) is 11.3 Å². The number of amides is 2. The number of nitrogens with zero attached hydrogens (tertiary/aromatic N) is 3. The Bertz CT molecular complexity index is 1180. The number of para-hydroxylation sites is 2. The molecular formula is C24H23FN4O4S. The number of aromatic amines is 1. The minimum atomic E-state index is -0.679. The molecule has 0 aliphatic carbocycles. The molecule has 0 unspecified atom stereocenters. The van der Waals surface area contributed by atoms with E-state index in [0.29, 0.717) is 42.8 Å². The molecule has 1 aromatic heterocycles. The van der Waals surface area contributed by atoms with Gasteiger partial charge in [-0.2, -0.15) is 0 Å². The van der Waals surface area contributed by atoms with Crippen LogP contribution in [0.3, 0.4) is 0 Å². The lowest BCUT2D eigenvalue weighted by molar-refractivity contribution is -0.145. The van der Waals surface area contributed by atoms with E-state index in [-0.39, 0.29) is 30.0 Å². The summed E-state index contributed by atoms with van der Waals surface area (Å²) < 4.78 is 24.6. The average Bonchev–Trinajstić information content (AvgIpc) is 3.36. The van der Waals surface area contributed by atoms with Crippen molar-refractivity contribution in [2.24, 2.45) is 0 Å². The van der Waals surface area contributed by atoms with Crippen LogP contribution in [0.1, 0.15) is 0 Å². The van der Waals surface area contributed by atoms with Crippen molar-refractivity contribution in [3.63, 3.8) is 0 Å². The molecule has 3 aromatic rings. The Morgan fingerprint density at radius 3 is 2.50 bits per heavy atom. The normalized spacial score (nSPS) is 17.5. The largest absolute Gasteiger partial charge is 0.485 e. The van der Waals surface area contributed by atoms with E-state index in [1.54, 1.807) is 34.2 Å². The van der Waals surface area contributed by atoms with E-state index in [0.717, 1.165) is 11.3 Å². The molecule has 1 atom stereocenters. The predicted molar refractivity (Wildman–Crippen MR) is 124 cm³/mol. The molecule has 0 radical (unpaired) electrons. The van der Waals surface area contributed by atoms with Gasteiger partial charge in [-0.15, -0.1) is 0 Å². The lowest BCUT2D eigenvalue weighted by atomic mass is 10.2. The second-order valence-corrected chi connectivity index (χ2v) is 8.93. The standard InChI is InChI=1S/C24H23FN4O4S/c25-17-7-5-16(6-8-17)18-13-26-24(27-18)34-15-22(30)28-9-11-29(12-10-28)23(31)21-14-32-19-3-1-2-4-20(19)33-21/h1-8,13,21H,9-12,14-15H2,(H,26,27)/t21-/m1/s1. The first-order valence-corrected chi connectivity index (χ1v) is 11.9. The van der Waals surface area contributed by atoms with Gasteiger partial charge in [0.15, 0.2) is 16.7 Å². The van der Waals surface area contributed by atoms with Crippen LogP contribution in [0.5, 0.6) is 11.5 Å². The first-order valence-electron chi connectivity index (χ1n) is 11.0. The highest BCUT2D eigenvalue weighted by atomic mass is 32.2. The number of H-pyrrole nitrogens is 1. The zero-order chi connectivity index (χ0) is 23.5. The van der Waals surface area contributed by atoms with Gasteiger partial charge in [0, 0.05) is 26.2 Å². The van der Waals surface area contributed by atoms with Gasteiger partial charge in [-0.05, 0) is 42.0 Å². The number of thioether (sulfide) groups is 1. The molecule has 1 saturated heterocycles. The number of ether oxygens (including phenoxy) is 2. The Morgan fingerprint density at radius 2 is 1.74 bits per heavy atom. The maximum absolute atomic E-state index is 13.1. The number of aromatic nitrogens is 2. The van der Waals surface area contributed by atoms with Crippen LogP contribution in [0.15, 0.2) is 59.9 Å². The number of nitrogens with one attached hydrogen (secondary N) is 1. The number of fused-ring (bicyclic) bond motifs is 1. The fraction of sp³-hybridized carbons (Fsp3) is 0.292. The van der Waals surface area contributed by atoms with Crippen molar-refractivity contribution in [3.8, 4) is 22.8 Å². The quantitative estimate of drug-likeness (QED) is 0.563. The summed E-state index contributed by atoms with van der Waals surface area (Å²) in [6, 6.07) is 13.4. The fourth-order valence-corrected chi connectivity index (χ4v) is 4.65. The van der Waals surface area contributed by atoms with Crippen LogP contribution in [0.4, 0.5) is 4.39 Å². The third kappa shape index (κ3) is 4.86. The molecule has 2 amide bonds. The Balaban J connectivity index is 1.09. The Labute approximate surface area is 200 Å². The monoisotopic (exact) mass is 482 g/mol. The first-order chi connectivity index (χ1) is 16.6. The molecule has 1 N–H and O–H groups in total. The number of carbonyl (C=O) groups is 2. The summed E-state index contributed by atoms with van der Waals surface area (Å²) in [7, 11) is 0. The third-order valence-electron chi connectivity index (χ3n) is 5.77. The van der Waals surface area contributed by atoms with Crippen LogP contribution < -0.4 is 9.47 Å². The van der Waals surface area contributed by atoms with Crippen molar-refractivity contribution in [2.75, 3.05) is 38.5 Å². The highest BCUT2D eigenvalue weighted by molar-refractivity contribution is 7.99. The summed E-state index contributed by atoms with van der Waals surface area (Å²) in [4.78, 5) is 36.5. The zero-order valence-corrected chi connectivity index (χ0v) is 19.1. The number of hydrogen-bond donors (Lipinski definition) is 1. The minimum Gasteiger partial charge on any atom is -0.485 e. The summed E-state index contributed by atoms with van der Waals surface area (Å²) in [5.41, 5.74) is 1.59. The minimum absolute atomic E-state index is 0.0111. The summed E-state index contributed by atoms with van der Waals surface area (Å²) in [5, 5.41) is 0.621. The number of benzene rings is 2. The van der Waals surface area contributed by atoms with Gasteiger partial charge in [-0.25, -0.2) is 9.37 Å². The van der Waals surface area contributed by atoms with Gasteiger partial charge in [-0.1, -0.05) is 23.9 Å². The Kier molecular flexibility index (Phi) is 6.39. The van der Waals surface area contributed by atoms with Crippen molar-refractivity contribution in [1.29, 1.82) is 0 Å². The van der Waals surface area contributed by atoms with E-state index in [1.165, 1.54) is 23.9 Å². The number of imidazole rings is 1. The van der Waals surface area contributed by atoms with Crippen molar-refractivity contribution in [3.05, 3.63) is 60.5 Å². The SMILES string of the molecule is O=C(CSc1ncc(-c2ccc(F)cc2)[nH]1)N1CCN(C(=O)[C@H]2COc3ccccc3O2)CC1. The van der Waals surface area contributed by atoms with Gasteiger partial charge < -0.3 is 24.3 Å². The second-order valence-electron chi connectivity index (χ2n) is 7.97. The van der Waals surface area contributed by atoms with Crippen LogP contribution in [-0.2, 0) is 9.59 Å². The lowest BCUT2D eigenvalue weighted by Crippen LogP contribution is -2.55. The topological polar surface area (TPSA) is 87.8 Å². The number of piperazine rings is 1. The molecule has 176 valence electrons. The molecule has 1 fully saturated rings. The highest BCUT2D eigenvalue weighted by Gasteiger charge is 2.33. The number of rotatable bonds is 5. The Morgan fingerprint density at radius 1 is 1.03 bits per heavy atom. The van der Waals surface area contributed by atoms with Crippen LogP contribution in [0.25, 0.3) is 11.3 Å². The molecule has 5 rings (SSSR count). The first kappa shape index (κ1) is 22.3. The molecule has 2 aliphatic rings. The highest BCUT2D eigenvalue weighted by Crippen LogP contribution is 2.31. The summed E-state index contributed by atoms with van der Waals surface area (Å²) >= 11 is 1.32. The zero-order valence-electron chi connectivity index (χ0n) is 18.3. The van der Waals surface area contributed by atoms with Gasteiger partial charge in [0.1, 0.15) is 12.4 Å². The molecular weight excluding hydrogens is 459 g/mol. The lowest BCUT2D eigenvalue weighted by Gasteiger charge is -2.37. The molecule has 0 saturated carbocycles. The van der Waals surface area contributed by atoms with Crippen LogP contribution in [0, 0.1) is 5.82 Å². The van der Waals surface area contributed by atoms with E-state index in [1.807, 2.05) is 18.2 Å². The molecule has 8 nitrogen and oxygen atoms in total. The molecule has 34 heavy (non-hydrogen) atoms. The maximum Gasteiger partial charge on any atom is 0.267 e. The molecule has 3 heterocycles. The van der Waals surface area contributed by atoms with Crippen LogP contribution in [0.2, 0.25) is 0 Å². The fourth-order valence-electron chi connectivity index (χ4n) is 3.89. The van der Waals surface area contributed by atoms with Gasteiger partial charge in [0.25, 0.3) is 5.91 Å². The van der Waals surface area contributed by atoms with E-state index >= 15 is 0 Å². The smallest absolute Gasteiger partial charge is 0.267 e. The summed E-state index contributed by atoms with van der Waals surface area (Å²) in [6.45, 7) is 2.01. The number of halogens is 1. The summed E-state index contributed by atoms with van der Waals surface area (Å²) in [5.74, 6) is 1.01. The van der Waals surface area contributed by atoms with E-state index in [4.69, 9.17) is 9.47 Å². The van der Waals surface area contributed by atoms with E-state index < -0.39 is 6.10 Å². The number of hydrogen-bond acceptors (Lipinski definition) is 6. The van der Waals surface area contributed by atoms with Crippen molar-refractivity contribution >= 4 is 23.6 Å². The van der Waals surface area contributed by atoms with Gasteiger partial charge in [0.2, 0.25) is 12.0 Å². The third-order valence-corrected chi connectivity index (χ3v) is 6.64. The molecule has 2 aromatic carbocycles. The van der Waals surface area contributed by atoms with Gasteiger partial charge >= 0.3 is 0 Å². The van der Waals surface area contributed by atoms with Crippen LogP contribution in [-0.4, -0.2) is 76.2 Å². The Hall–Kier alpha value is -3.53. The van der Waals surface area contributed by atoms with Gasteiger partial charge in [0.05, 0.1) is 17.6 Å². The number of carbonyl (C=O) groups excluding carboxylic acids is 2. The van der Waals surface area contributed by atoms with Crippen LogP contribution >= 0.6 is 11.8 Å².